The van der Waals surface area contributed by atoms with Gasteiger partial charge in [0, 0.05) is 18.0 Å². The summed E-state index contributed by atoms with van der Waals surface area (Å²) in [5.74, 6) is 0.214. The van der Waals surface area contributed by atoms with Gasteiger partial charge in [0.2, 0.25) is 5.91 Å². The lowest BCUT2D eigenvalue weighted by atomic mass is 9.72. The fourth-order valence-electron chi connectivity index (χ4n) is 4.53. The highest BCUT2D eigenvalue weighted by Crippen LogP contribution is 2.44. The molecule has 178 valence electrons. The zero-order valence-electron chi connectivity index (χ0n) is 19.5. The SMILES string of the molecule is CC(C)(C)C1CCc2c(sc(NC(=O)CN3CCOCC3)c2C(=O)Nc2ccccc2Cl)C1. The highest BCUT2D eigenvalue weighted by atomic mass is 35.5. The average Bonchev–Trinajstić information content (AvgIpc) is 3.12. The van der Waals surface area contributed by atoms with Crippen LogP contribution < -0.4 is 10.6 Å². The number of thiophene rings is 1. The maximum atomic E-state index is 13.4. The Morgan fingerprint density at radius 2 is 1.91 bits per heavy atom. The molecular formula is C25H32ClN3O3S. The topological polar surface area (TPSA) is 70.7 Å². The first-order valence-electron chi connectivity index (χ1n) is 11.5. The molecule has 1 fully saturated rings. The van der Waals surface area contributed by atoms with Gasteiger partial charge in [0.25, 0.3) is 5.91 Å². The molecule has 2 amide bonds. The van der Waals surface area contributed by atoms with E-state index in [2.05, 4.69) is 36.3 Å². The van der Waals surface area contributed by atoms with Crippen LogP contribution in [0.2, 0.25) is 5.02 Å². The summed E-state index contributed by atoms with van der Waals surface area (Å²) in [5, 5.41) is 7.13. The Balaban J connectivity index is 1.60. The van der Waals surface area contributed by atoms with Gasteiger partial charge in [-0.15, -0.1) is 11.3 Å². The Morgan fingerprint density at radius 3 is 2.61 bits per heavy atom. The van der Waals surface area contributed by atoms with Crippen molar-refractivity contribution in [3.8, 4) is 0 Å². The number of nitrogens with zero attached hydrogens (tertiary/aromatic N) is 1. The first kappa shape index (κ1) is 24.2. The van der Waals surface area contributed by atoms with Gasteiger partial charge < -0.3 is 15.4 Å². The van der Waals surface area contributed by atoms with Crippen LogP contribution in [0.1, 0.15) is 48.0 Å². The van der Waals surface area contributed by atoms with Crippen molar-refractivity contribution < 1.29 is 14.3 Å². The van der Waals surface area contributed by atoms with Crippen molar-refractivity contribution in [2.75, 3.05) is 43.5 Å². The van der Waals surface area contributed by atoms with E-state index in [4.69, 9.17) is 16.3 Å². The first-order valence-corrected chi connectivity index (χ1v) is 12.7. The van der Waals surface area contributed by atoms with Crippen LogP contribution in [0.4, 0.5) is 10.7 Å². The van der Waals surface area contributed by atoms with E-state index in [0.717, 1.165) is 37.9 Å². The molecule has 1 aromatic heterocycles. The van der Waals surface area contributed by atoms with Crippen molar-refractivity contribution in [3.05, 3.63) is 45.3 Å². The number of hydrogen-bond acceptors (Lipinski definition) is 5. The van der Waals surface area contributed by atoms with Crippen LogP contribution >= 0.6 is 22.9 Å². The molecule has 1 saturated heterocycles. The summed E-state index contributed by atoms with van der Waals surface area (Å²) in [7, 11) is 0. The number of ether oxygens (including phenoxy) is 1. The molecule has 8 heteroatoms. The second-order valence-corrected chi connectivity index (χ2v) is 11.4. The average molecular weight is 490 g/mol. The predicted octanol–water partition coefficient (Wildman–Crippen LogP) is 5.08. The Kier molecular flexibility index (Phi) is 7.43. The number of para-hydroxylation sites is 1. The zero-order chi connectivity index (χ0) is 23.6. The van der Waals surface area contributed by atoms with E-state index >= 15 is 0 Å². The molecule has 33 heavy (non-hydrogen) atoms. The normalized spacial score (nSPS) is 19.1. The Bertz CT molecular complexity index is 1020. The summed E-state index contributed by atoms with van der Waals surface area (Å²) >= 11 is 7.82. The molecular weight excluding hydrogens is 458 g/mol. The van der Waals surface area contributed by atoms with E-state index in [-0.39, 0.29) is 17.2 Å². The standard InChI is InChI=1S/C25H32ClN3O3S/c1-25(2,3)16-8-9-17-20(14-16)33-24(28-21(30)15-29-10-12-32-13-11-29)22(17)23(31)27-19-7-5-4-6-18(19)26/h4-7,16H,8-15H2,1-3H3,(H,27,31)(H,28,30). The van der Waals surface area contributed by atoms with Crippen molar-refractivity contribution in [2.45, 2.75) is 40.0 Å². The van der Waals surface area contributed by atoms with E-state index in [1.165, 1.54) is 4.88 Å². The summed E-state index contributed by atoms with van der Waals surface area (Å²) < 4.78 is 5.37. The highest BCUT2D eigenvalue weighted by Gasteiger charge is 2.34. The number of fused-ring (bicyclic) bond motifs is 1. The summed E-state index contributed by atoms with van der Waals surface area (Å²) in [4.78, 5) is 29.6. The number of amides is 2. The molecule has 6 nitrogen and oxygen atoms in total. The molecule has 1 atom stereocenters. The van der Waals surface area contributed by atoms with Crippen molar-refractivity contribution in [1.29, 1.82) is 0 Å². The Hall–Kier alpha value is -1.93. The monoisotopic (exact) mass is 489 g/mol. The second-order valence-electron chi connectivity index (χ2n) is 9.88. The van der Waals surface area contributed by atoms with Gasteiger partial charge >= 0.3 is 0 Å². The van der Waals surface area contributed by atoms with Gasteiger partial charge in [-0.1, -0.05) is 44.5 Å². The molecule has 1 aromatic carbocycles. The molecule has 2 N–H and O–H groups in total. The van der Waals surface area contributed by atoms with Gasteiger partial charge in [-0.25, -0.2) is 0 Å². The van der Waals surface area contributed by atoms with Crippen LogP contribution in [0.15, 0.2) is 24.3 Å². The van der Waals surface area contributed by atoms with Gasteiger partial charge in [0.05, 0.1) is 36.0 Å². The first-order chi connectivity index (χ1) is 15.7. The second kappa shape index (κ2) is 10.1. The molecule has 2 aromatic rings. The number of rotatable bonds is 5. The third-order valence-electron chi connectivity index (χ3n) is 6.56. The summed E-state index contributed by atoms with van der Waals surface area (Å²) in [6.45, 7) is 9.86. The van der Waals surface area contributed by atoms with Crippen LogP contribution in [0, 0.1) is 11.3 Å². The minimum absolute atomic E-state index is 0.102. The highest BCUT2D eigenvalue weighted by molar-refractivity contribution is 7.17. The number of hydrogen-bond donors (Lipinski definition) is 2. The van der Waals surface area contributed by atoms with E-state index in [1.807, 2.05) is 12.1 Å². The van der Waals surface area contributed by atoms with Crippen LogP contribution in [0.25, 0.3) is 0 Å². The largest absolute Gasteiger partial charge is 0.379 e. The van der Waals surface area contributed by atoms with Gasteiger partial charge in [-0.2, -0.15) is 0 Å². The maximum absolute atomic E-state index is 13.4. The van der Waals surface area contributed by atoms with Crippen LogP contribution in [0.5, 0.6) is 0 Å². The third-order valence-corrected chi connectivity index (χ3v) is 8.06. The summed E-state index contributed by atoms with van der Waals surface area (Å²) in [6.07, 6.45) is 2.79. The fourth-order valence-corrected chi connectivity index (χ4v) is 6.05. The van der Waals surface area contributed by atoms with E-state index < -0.39 is 0 Å². The molecule has 0 radical (unpaired) electrons. The van der Waals surface area contributed by atoms with Crippen molar-refractivity contribution in [1.82, 2.24) is 4.90 Å². The maximum Gasteiger partial charge on any atom is 0.258 e. The van der Waals surface area contributed by atoms with Gasteiger partial charge in [-0.05, 0) is 48.3 Å². The summed E-state index contributed by atoms with van der Waals surface area (Å²) in [5.41, 5.74) is 2.41. The third kappa shape index (κ3) is 5.77. The zero-order valence-corrected chi connectivity index (χ0v) is 21.1. The molecule has 2 aliphatic rings. The molecule has 0 bridgehead atoms. The van der Waals surface area contributed by atoms with Crippen molar-refractivity contribution in [3.63, 3.8) is 0 Å². The molecule has 2 heterocycles. The Labute approximate surface area is 204 Å². The van der Waals surface area contributed by atoms with E-state index in [9.17, 15) is 9.59 Å². The molecule has 1 unspecified atom stereocenters. The molecule has 0 saturated carbocycles. The lowest BCUT2D eigenvalue weighted by Crippen LogP contribution is -2.41. The van der Waals surface area contributed by atoms with Crippen molar-refractivity contribution >= 4 is 45.4 Å². The lowest BCUT2D eigenvalue weighted by molar-refractivity contribution is -0.118. The number of nitrogens with one attached hydrogen (secondary N) is 2. The quantitative estimate of drug-likeness (QED) is 0.614. The van der Waals surface area contributed by atoms with Crippen LogP contribution in [-0.2, 0) is 22.4 Å². The number of anilines is 2. The van der Waals surface area contributed by atoms with Gasteiger partial charge in [0.1, 0.15) is 5.00 Å². The Morgan fingerprint density at radius 1 is 1.18 bits per heavy atom. The molecule has 0 spiro atoms. The predicted molar refractivity (Wildman–Crippen MR) is 135 cm³/mol. The van der Waals surface area contributed by atoms with E-state index in [0.29, 0.717) is 47.0 Å². The number of morpholine rings is 1. The van der Waals surface area contributed by atoms with Gasteiger partial charge in [0.15, 0.2) is 0 Å². The number of benzene rings is 1. The number of carbonyl (C=O) groups is 2. The van der Waals surface area contributed by atoms with Crippen LogP contribution in [-0.4, -0.2) is 49.6 Å². The number of halogens is 1. The molecule has 4 rings (SSSR count). The molecule has 1 aliphatic heterocycles. The lowest BCUT2D eigenvalue weighted by Gasteiger charge is -2.33. The van der Waals surface area contributed by atoms with Crippen molar-refractivity contribution in [2.24, 2.45) is 11.3 Å². The summed E-state index contributed by atoms with van der Waals surface area (Å²) in [6, 6.07) is 7.20. The van der Waals surface area contributed by atoms with Gasteiger partial charge in [-0.3, -0.25) is 14.5 Å². The minimum Gasteiger partial charge on any atom is -0.379 e. The van der Waals surface area contributed by atoms with E-state index in [1.54, 1.807) is 23.5 Å². The fraction of sp³-hybridized carbons (Fsp3) is 0.520. The number of carbonyl (C=O) groups excluding carboxylic acids is 2. The smallest absolute Gasteiger partial charge is 0.258 e. The van der Waals surface area contributed by atoms with Crippen LogP contribution in [0.3, 0.4) is 0 Å². The minimum atomic E-state index is -0.225. The molecule has 1 aliphatic carbocycles.